The Bertz CT molecular complexity index is 697. The fourth-order valence-corrected chi connectivity index (χ4v) is 4.35. The van der Waals surface area contributed by atoms with Crippen molar-refractivity contribution in [1.29, 1.82) is 0 Å². The van der Waals surface area contributed by atoms with Gasteiger partial charge in [0.2, 0.25) is 0 Å². The lowest BCUT2D eigenvalue weighted by atomic mass is 10.1. The molecule has 6 heteroatoms. The molecule has 2 aliphatic heterocycles. The van der Waals surface area contributed by atoms with Gasteiger partial charge in [0.25, 0.3) is 5.91 Å². The summed E-state index contributed by atoms with van der Waals surface area (Å²) in [7, 11) is 0. The van der Waals surface area contributed by atoms with Crippen molar-refractivity contribution >= 4 is 17.2 Å². The highest BCUT2D eigenvalue weighted by Gasteiger charge is 2.39. The molecule has 24 heavy (non-hydrogen) atoms. The van der Waals surface area contributed by atoms with Gasteiger partial charge in [0.15, 0.2) is 0 Å². The summed E-state index contributed by atoms with van der Waals surface area (Å²) in [6, 6.07) is 3.94. The Hall–Kier alpha value is -1.63. The maximum absolute atomic E-state index is 12.7. The Morgan fingerprint density at radius 1 is 1.33 bits per heavy atom. The first-order valence-corrected chi connectivity index (χ1v) is 9.33. The fraction of sp³-hybridized carbons (Fsp3) is 0.500. The zero-order valence-electron chi connectivity index (χ0n) is 13.8. The highest BCUT2D eigenvalue weighted by atomic mass is 32.1. The minimum atomic E-state index is 0.0577. The SMILES string of the molecule is Cc1occc1C(=O)N1C[C@@H]2CN(Cc3ccsc3)CCO[C@@H]2C1. The number of thiophene rings is 1. The Morgan fingerprint density at radius 3 is 3.00 bits per heavy atom. The van der Waals surface area contributed by atoms with E-state index >= 15 is 0 Å². The highest BCUT2D eigenvalue weighted by Crippen LogP contribution is 2.26. The summed E-state index contributed by atoms with van der Waals surface area (Å²) < 4.78 is 11.3. The lowest BCUT2D eigenvalue weighted by Crippen LogP contribution is -2.33. The quantitative estimate of drug-likeness (QED) is 0.857. The van der Waals surface area contributed by atoms with E-state index in [1.807, 2.05) is 11.8 Å². The van der Waals surface area contributed by atoms with Gasteiger partial charge in [-0.15, -0.1) is 0 Å². The minimum Gasteiger partial charge on any atom is -0.469 e. The van der Waals surface area contributed by atoms with Gasteiger partial charge in [0.05, 0.1) is 24.5 Å². The zero-order valence-corrected chi connectivity index (χ0v) is 14.6. The van der Waals surface area contributed by atoms with Gasteiger partial charge in [-0.2, -0.15) is 11.3 Å². The third kappa shape index (κ3) is 3.14. The Labute approximate surface area is 145 Å². The number of hydrogen-bond donors (Lipinski definition) is 0. The molecule has 4 heterocycles. The van der Waals surface area contributed by atoms with Gasteiger partial charge in [0, 0.05) is 38.6 Å². The Balaban J connectivity index is 1.42. The second-order valence-corrected chi connectivity index (χ2v) is 7.42. The third-order valence-electron chi connectivity index (χ3n) is 4.98. The number of furan rings is 1. The molecule has 2 saturated heterocycles. The molecule has 0 spiro atoms. The first-order chi connectivity index (χ1) is 11.7. The predicted octanol–water partition coefficient (Wildman–Crippen LogP) is 2.62. The average Bonchev–Trinajstić information content (AvgIpc) is 3.28. The van der Waals surface area contributed by atoms with Crippen LogP contribution in [0.5, 0.6) is 0 Å². The number of likely N-dealkylation sites (tertiary alicyclic amines) is 1. The summed E-state index contributed by atoms with van der Waals surface area (Å²) >= 11 is 1.74. The van der Waals surface area contributed by atoms with Crippen LogP contribution in [0.4, 0.5) is 0 Å². The molecule has 0 bridgehead atoms. The molecule has 2 fully saturated rings. The number of aryl methyl sites for hydroxylation is 1. The van der Waals surface area contributed by atoms with Crippen molar-refractivity contribution in [2.75, 3.05) is 32.8 Å². The average molecular weight is 346 g/mol. The first kappa shape index (κ1) is 15.9. The van der Waals surface area contributed by atoms with Crippen LogP contribution in [0, 0.1) is 12.8 Å². The van der Waals surface area contributed by atoms with Gasteiger partial charge in [-0.25, -0.2) is 0 Å². The molecular formula is C18H22N2O3S. The van der Waals surface area contributed by atoms with E-state index in [2.05, 4.69) is 21.7 Å². The molecular weight excluding hydrogens is 324 g/mol. The maximum Gasteiger partial charge on any atom is 0.257 e. The Kier molecular flexibility index (Phi) is 4.43. The molecule has 0 aromatic carbocycles. The molecule has 2 aromatic heterocycles. The van der Waals surface area contributed by atoms with E-state index in [9.17, 15) is 4.79 Å². The molecule has 2 aliphatic rings. The van der Waals surface area contributed by atoms with Crippen molar-refractivity contribution in [3.05, 3.63) is 46.0 Å². The van der Waals surface area contributed by atoms with Crippen molar-refractivity contribution in [2.45, 2.75) is 19.6 Å². The smallest absolute Gasteiger partial charge is 0.257 e. The van der Waals surface area contributed by atoms with Crippen LogP contribution in [0.2, 0.25) is 0 Å². The van der Waals surface area contributed by atoms with Gasteiger partial charge in [-0.05, 0) is 35.4 Å². The normalized spacial score (nSPS) is 24.8. The van der Waals surface area contributed by atoms with Gasteiger partial charge in [-0.3, -0.25) is 9.69 Å². The number of rotatable bonds is 3. The van der Waals surface area contributed by atoms with Crippen molar-refractivity contribution in [2.24, 2.45) is 5.92 Å². The summed E-state index contributed by atoms with van der Waals surface area (Å²) in [5.74, 6) is 1.12. The van der Waals surface area contributed by atoms with Crippen LogP contribution in [0.1, 0.15) is 21.7 Å². The summed E-state index contributed by atoms with van der Waals surface area (Å²) in [6.07, 6.45) is 1.73. The number of amides is 1. The minimum absolute atomic E-state index is 0.0577. The Morgan fingerprint density at radius 2 is 2.25 bits per heavy atom. The van der Waals surface area contributed by atoms with E-state index in [1.54, 1.807) is 23.7 Å². The van der Waals surface area contributed by atoms with Crippen molar-refractivity contribution in [1.82, 2.24) is 9.80 Å². The van der Waals surface area contributed by atoms with Crippen LogP contribution in [0.15, 0.2) is 33.6 Å². The summed E-state index contributed by atoms with van der Waals surface area (Å²) in [6.45, 7) is 6.91. The van der Waals surface area contributed by atoms with Crippen molar-refractivity contribution in [3.8, 4) is 0 Å². The van der Waals surface area contributed by atoms with Gasteiger partial charge in [0.1, 0.15) is 5.76 Å². The van der Waals surface area contributed by atoms with Crippen LogP contribution >= 0.6 is 11.3 Å². The molecule has 0 aliphatic carbocycles. The van der Waals surface area contributed by atoms with E-state index < -0.39 is 0 Å². The molecule has 4 rings (SSSR count). The number of carbonyl (C=O) groups is 1. The van der Waals surface area contributed by atoms with E-state index in [4.69, 9.17) is 9.15 Å². The van der Waals surface area contributed by atoms with Crippen molar-refractivity contribution in [3.63, 3.8) is 0 Å². The topological polar surface area (TPSA) is 45.9 Å². The van der Waals surface area contributed by atoms with E-state index in [-0.39, 0.29) is 12.0 Å². The predicted molar refractivity (Wildman–Crippen MR) is 92.2 cm³/mol. The molecule has 1 amide bonds. The lowest BCUT2D eigenvalue weighted by Gasteiger charge is -2.23. The number of carbonyl (C=O) groups excluding carboxylic acids is 1. The number of hydrogen-bond acceptors (Lipinski definition) is 5. The molecule has 2 aromatic rings. The van der Waals surface area contributed by atoms with Crippen LogP contribution in [0.3, 0.4) is 0 Å². The number of nitrogens with zero attached hydrogens (tertiary/aromatic N) is 2. The van der Waals surface area contributed by atoms with E-state index in [0.29, 0.717) is 23.8 Å². The molecule has 2 atom stereocenters. The molecule has 0 unspecified atom stereocenters. The molecule has 0 N–H and O–H groups in total. The second-order valence-electron chi connectivity index (χ2n) is 6.64. The molecule has 128 valence electrons. The van der Waals surface area contributed by atoms with Crippen LogP contribution in [-0.4, -0.2) is 54.6 Å². The number of ether oxygens (including phenoxy) is 1. The summed E-state index contributed by atoms with van der Waals surface area (Å²) in [5, 5.41) is 4.32. The molecule has 5 nitrogen and oxygen atoms in total. The molecule has 0 saturated carbocycles. The maximum atomic E-state index is 12.7. The fourth-order valence-electron chi connectivity index (χ4n) is 3.69. The summed E-state index contributed by atoms with van der Waals surface area (Å²) in [4.78, 5) is 17.1. The van der Waals surface area contributed by atoms with Gasteiger partial charge >= 0.3 is 0 Å². The van der Waals surface area contributed by atoms with Crippen LogP contribution < -0.4 is 0 Å². The van der Waals surface area contributed by atoms with Crippen LogP contribution in [-0.2, 0) is 11.3 Å². The monoisotopic (exact) mass is 346 g/mol. The lowest BCUT2D eigenvalue weighted by molar-refractivity contribution is 0.0483. The molecule has 0 radical (unpaired) electrons. The highest BCUT2D eigenvalue weighted by molar-refractivity contribution is 7.07. The summed E-state index contributed by atoms with van der Waals surface area (Å²) in [5.41, 5.74) is 2.03. The number of fused-ring (bicyclic) bond motifs is 1. The zero-order chi connectivity index (χ0) is 16.5. The van der Waals surface area contributed by atoms with Gasteiger partial charge < -0.3 is 14.1 Å². The first-order valence-electron chi connectivity index (χ1n) is 8.39. The van der Waals surface area contributed by atoms with E-state index in [1.165, 1.54) is 5.56 Å². The van der Waals surface area contributed by atoms with E-state index in [0.717, 1.165) is 32.8 Å². The van der Waals surface area contributed by atoms with Crippen molar-refractivity contribution < 1.29 is 13.9 Å². The van der Waals surface area contributed by atoms with Gasteiger partial charge in [-0.1, -0.05) is 0 Å². The third-order valence-corrected chi connectivity index (χ3v) is 5.71. The largest absolute Gasteiger partial charge is 0.469 e. The van der Waals surface area contributed by atoms with Crippen LogP contribution in [0.25, 0.3) is 0 Å². The second kappa shape index (κ2) is 6.70. The standard InChI is InChI=1S/C18H22N2O3S/c1-13-16(2-5-22-13)18(21)20-10-15-9-19(4-6-23-17(15)11-20)8-14-3-7-24-12-14/h2-3,5,7,12,15,17H,4,6,8-11H2,1H3/t15-,17+/m0/s1.